The molecule has 0 N–H and O–H groups in total. The molecule has 1 aromatic heterocycles. The van der Waals surface area contributed by atoms with Crippen LogP contribution < -0.4 is 10.3 Å². The summed E-state index contributed by atoms with van der Waals surface area (Å²) in [5.74, 6) is -3.02. The lowest BCUT2D eigenvalue weighted by molar-refractivity contribution is 0.104. The van der Waals surface area contributed by atoms with Crippen LogP contribution in [-0.2, 0) is 6.54 Å². The summed E-state index contributed by atoms with van der Waals surface area (Å²) in [7, 11) is 1.91. The lowest BCUT2D eigenvalue weighted by Gasteiger charge is -2.34. The van der Waals surface area contributed by atoms with E-state index in [1.54, 1.807) is 4.90 Å². The molecule has 4 rings (SSSR count). The van der Waals surface area contributed by atoms with Gasteiger partial charge in [-0.15, -0.1) is 0 Å². The molecule has 1 fully saturated rings. The zero-order valence-electron chi connectivity index (χ0n) is 18.5. The van der Waals surface area contributed by atoms with Gasteiger partial charge in [-0.1, -0.05) is 18.2 Å². The Balaban J connectivity index is 1.80. The number of fused-ring (bicyclic) bond motifs is 1. The summed E-state index contributed by atoms with van der Waals surface area (Å²) in [6, 6.07) is 6.26. The summed E-state index contributed by atoms with van der Waals surface area (Å²) in [6.07, 6.45) is 3.61. The van der Waals surface area contributed by atoms with E-state index in [-0.39, 0.29) is 28.7 Å². The van der Waals surface area contributed by atoms with E-state index in [2.05, 4.69) is 0 Å². The molecule has 0 spiro atoms. The molecular weight excluding hydrogens is 450 g/mol. The van der Waals surface area contributed by atoms with Gasteiger partial charge in [0.05, 0.1) is 23.0 Å². The quantitative estimate of drug-likeness (QED) is 0.308. The average molecular weight is 473 g/mol. The van der Waals surface area contributed by atoms with Crippen LogP contribution in [-0.4, -0.2) is 55.2 Å². The van der Waals surface area contributed by atoms with Crippen molar-refractivity contribution in [2.24, 2.45) is 0 Å². The molecule has 0 atom stereocenters. The lowest BCUT2D eigenvalue weighted by atomic mass is 10.0. The highest BCUT2D eigenvalue weighted by molar-refractivity contribution is 6.08. The monoisotopic (exact) mass is 473 g/mol. The van der Waals surface area contributed by atoms with Crippen molar-refractivity contribution in [3.63, 3.8) is 0 Å². The minimum absolute atomic E-state index is 0.239. The number of hydrogen-bond donors (Lipinski definition) is 0. The zero-order chi connectivity index (χ0) is 24.4. The zero-order valence-corrected chi connectivity index (χ0v) is 18.5. The molecule has 0 amide bonds. The first kappa shape index (κ1) is 23.7. The van der Waals surface area contributed by atoms with Crippen molar-refractivity contribution >= 4 is 28.4 Å². The van der Waals surface area contributed by atoms with E-state index in [9.17, 15) is 18.4 Å². The van der Waals surface area contributed by atoms with Crippen molar-refractivity contribution in [1.82, 2.24) is 9.47 Å². The lowest BCUT2D eigenvalue weighted by Crippen LogP contribution is -2.45. The Morgan fingerprint density at radius 1 is 1.06 bits per heavy atom. The number of carbonyl (C=O) groups excluding carboxylic acids is 1. The van der Waals surface area contributed by atoms with E-state index in [0.717, 1.165) is 22.9 Å². The number of aromatic nitrogens is 1. The van der Waals surface area contributed by atoms with Crippen LogP contribution in [0.25, 0.3) is 17.0 Å². The van der Waals surface area contributed by atoms with Crippen molar-refractivity contribution in [3.8, 4) is 0 Å². The summed E-state index contributed by atoms with van der Waals surface area (Å²) in [4.78, 5) is 29.4. The van der Waals surface area contributed by atoms with Crippen LogP contribution in [0.2, 0.25) is 0 Å². The van der Waals surface area contributed by atoms with Gasteiger partial charge in [0.1, 0.15) is 24.0 Å². The number of allylic oxidation sites excluding steroid dienone is 1. The molecule has 2 aromatic carbocycles. The summed E-state index contributed by atoms with van der Waals surface area (Å²) in [5, 5.41) is -0.331. The normalized spacial score (nSPS) is 14.9. The molecule has 178 valence electrons. The Labute approximate surface area is 193 Å². The Morgan fingerprint density at radius 3 is 2.38 bits per heavy atom. The maximum absolute atomic E-state index is 15.6. The average Bonchev–Trinajstić information content (AvgIpc) is 2.81. The number of pyridine rings is 1. The maximum Gasteiger partial charge on any atom is 0.200 e. The van der Waals surface area contributed by atoms with Gasteiger partial charge < -0.3 is 14.4 Å². The predicted octanol–water partition coefficient (Wildman–Crippen LogP) is 4.04. The highest BCUT2D eigenvalue weighted by Gasteiger charge is 2.26. The second-order valence-corrected chi connectivity index (χ2v) is 8.21. The van der Waals surface area contributed by atoms with Gasteiger partial charge in [0, 0.05) is 32.4 Å². The largest absolute Gasteiger partial charge is 0.364 e. The van der Waals surface area contributed by atoms with Crippen LogP contribution in [0, 0.1) is 17.5 Å². The Morgan fingerprint density at radius 2 is 1.74 bits per heavy atom. The number of hydrogen-bond acceptors (Lipinski definition) is 4. The number of benzene rings is 2. The van der Waals surface area contributed by atoms with E-state index < -0.39 is 35.3 Å². The third-order valence-corrected chi connectivity index (χ3v) is 5.94. The molecule has 2 heterocycles. The number of rotatable bonds is 6. The fourth-order valence-corrected chi connectivity index (χ4v) is 4.08. The molecule has 0 radical (unpaired) electrons. The van der Waals surface area contributed by atoms with Crippen molar-refractivity contribution in [1.29, 1.82) is 0 Å². The van der Waals surface area contributed by atoms with Crippen molar-refractivity contribution in [3.05, 3.63) is 81.4 Å². The summed E-state index contributed by atoms with van der Waals surface area (Å²) in [5.41, 5.74) is -1.17. The van der Waals surface area contributed by atoms with Crippen molar-refractivity contribution in [2.75, 3.05) is 44.8 Å². The molecule has 1 saturated heterocycles. The molecule has 0 unspecified atom stereocenters. The molecule has 0 aliphatic carbocycles. The molecule has 0 saturated carbocycles. The second kappa shape index (κ2) is 9.80. The Kier molecular flexibility index (Phi) is 6.83. The third kappa shape index (κ3) is 4.61. The number of likely N-dealkylation sites (N-methyl/N-ethyl adjacent to an activating group) is 1. The van der Waals surface area contributed by atoms with Gasteiger partial charge in [0.2, 0.25) is 5.43 Å². The molecule has 9 heteroatoms. The first-order chi connectivity index (χ1) is 16.3. The first-order valence-electron chi connectivity index (χ1n) is 10.8. The predicted molar refractivity (Wildman–Crippen MR) is 124 cm³/mol. The van der Waals surface area contributed by atoms with Gasteiger partial charge in [-0.2, -0.15) is 0 Å². The SMILES string of the molecule is CN1CCN(c2c(F)cc3c(=O)c(C(=O)/C=C/c4ccc(F)cc4)cn(CCF)c3c2F)CC1. The topological polar surface area (TPSA) is 45.6 Å². The van der Waals surface area contributed by atoms with E-state index in [1.165, 1.54) is 30.3 Å². The first-order valence-corrected chi connectivity index (χ1v) is 10.8. The minimum Gasteiger partial charge on any atom is -0.364 e. The third-order valence-electron chi connectivity index (χ3n) is 5.94. The van der Waals surface area contributed by atoms with E-state index in [4.69, 9.17) is 0 Å². The van der Waals surface area contributed by atoms with Gasteiger partial charge in [0.25, 0.3) is 0 Å². The molecule has 1 aliphatic rings. The second-order valence-electron chi connectivity index (χ2n) is 8.21. The van der Waals surface area contributed by atoms with Crippen molar-refractivity contribution < 1.29 is 22.4 Å². The highest BCUT2D eigenvalue weighted by atomic mass is 19.1. The number of carbonyl (C=O) groups is 1. The van der Waals surface area contributed by atoms with Crippen LogP contribution in [0.15, 0.2) is 47.4 Å². The van der Waals surface area contributed by atoms with Gasteiger partial charge in [-0.3, -0.25) is 9.59 Å². The fourth-order valence-electron chi connectivity index (χ4n) is 4.08. The number of ketones is 1. The molecule has 1 aliphatic heterocycles. The molecular formula is C25H23F4N3O2. The Bertz CT molecular complexity index is 1310. The van der Waals surface area contributed by atoms with Crippen LogP contribution in [0.5, 0.6) is 0 Å². The van der Waals surface area contributed by atoms with Crippen LogP contribution >= 0.6 is 0 Å². The maximum atomic E-state index is 15.6. The molecule has 34 heavy (non-hydrogen) atoms. The number of nitrogens with zero attached hydrogens (tertiary/aromatic N) is 3. The van der Waals surface area contributed by atoms with Crippen LogP contribution in [0.1, 0.15) is 15.9 Å². The standard InChI is InChI=1S/C25H23F4N3O2/c1-30-10-12-31(13-11-30)24-20(28)14-18-23(22(24)29)32(9-8-26)15-19(25(18)34)21(33)7-4-16-2-5-17(27)6-3-16/h2-7,14-15H,8-13H2,1H3/b7-4+. The van der Waals surface area contributed by atoms with E-state index in [1.807, 2.05) is 11.9 Å². The van der Waals surface area contributed by atoms with Gasteiger partial charge in [-0.25, -0.2) is 17.6 Å². The minimum atomic E-state index is -0.953. The molecule has 0 bridgehead atoms. The fraction of sp³-hybridized carbons (Fsp3) is 0.280. The number of halogens is 4. The van der Waals surface area contributed by atoms with Gasteiger partial charge in [-0.05, 0) is 36.9 Å². The van der Waals surface area contributed by atoms with Crippen molar-refractivity contribution in [2.45, 2.75) is 6.54 Å². The summed E-state index contributed by atoms with van der Waals surface area (Å²) >= 11 is 0. The van der Waals surface area contributed by atoms with Crippen LogP contribution in [0.4, 0.5) is 23.2 Å². The number of aryl methyl sites for hydroxylation is 1. The number of anilines is 1. The summed E-state index contributed by atoms with van der Waals surface area (Å²) in [6.45, 7) is 0.826. The van der Waals surface area contributed by atoms with Gasteiger partial charge >= 0.3 is 0 Å². The molecule has 3 aromatic rings. The number of piperazine rings is 1. The van der Waals surface area contributed by atoms with E-state index >= 15 is 8.78 Å². The van der Waals surface area contributed by atoms with Crippen LogP contribution in [0.3, 0.4) is 0 Å². The molecule has 5 nitrogen and oxygen atoms in total. The smallest absolute Gasteiger partial charge is 0.200 e. The van der Waals surface area contributed by atoms with Gasteiger partial charge in [0.15, 0.2) is 11.6 Å². The highest BCUT2D eigenvalue weighted by Crippen LogP contribution is 2.31. The summed E-state index contributed by atoms with van der Waals surface area (Å²) < 4.78 is 58.2. The van der Waals surface area contributed by atoms with E-state index in [0.29, 0.717) is 31.7 Å². The Hall–Kier alpha value is -3.46. The number of alkyl halides is 1.